The first-order valence-electron chi connectivity index (χ1n) is 6.81. The van der Waals surface area contributed by atoms with E-state index in [1.165, 1.54) is 5.56 Å². The average molecular weight is 290 g/mol. The quantitative estimate of drug-likeness (QED) is 0.842. The summed E-state index contributed by atoms with van der Waals surface area (Å²) in [4.78, 5) is 0. The number of nitrogens with one attached hydrogen (secondary N) is 1. The summed E-state index contributed by atoms with van der Waals surface area (Å²) < 4.78 is 5.93. The van der Waals surface area contributed by atoms with Crippen molar-refractivity contribution in [3.05, 3.63) is 58.6 Å². The van der Waals surface area contributed by atoms with Crippen LogP contribution in [0, 0.1) is 6.92 Å². The van der Waals surface area contributed by atoms with Crippen molar-refractivity contribution >= 4 is 11.6 Å². The highest BCUT2D eigenvalue weighted by Crippen LogP contribution is 2.27. The van der Waals surface area contributed by atoms with E-state index in [-0.39, 0.29) is 0 Å². The van der Waals surface area contributed by atoms with E-state index in [1.54, 1.807) is 0 Å². The predicted octanol–water partition coefficient (Wildman–Crippen LogP) is 4.94. The fourth-order valence-electron chi connectivity index (χ4n) is 1.84. The first-order chi connectivity index (χ1) is 9.54. The Labute approximate surface area is 125 Å². The summed E-state index contributed by atoms with van der Waals surface area (Å²) in [5.41, 5.74) is 2.32. The highest BCUT2D eigenvalue weighted by atomic mass is 35.5. The zero-order valence-corrected chi connectivity index (χ0v) is 12.9. The number of aryl methyl sites for hydroxylation is 1. The van der Waals surface area contributed by atoms with Crippen LogP contribution in [0.3, 0.4) is 0 Å². The Hall–Kier alpha value is -1.51. The first-order valence-corrected chi connectivity index (χ1v) is 7.19. The van der Waals surface area contributed by atoms with Gasteiger partial charge in [0.25, 0.3) is 0 Å². The van der Waals surface area contributed by atoms with Gasteiger partial charge < -0.3 is 10.1 Å². The average Bonchev–Trinajstić information content (AvgIpc) is 2.39. The summed E-state index contributed by atoms with van der Waals surface area (Å²) >= 11 is 5.98. The molecule has 0 radical (unpaired) electrons. The highest BCUT2D eigenvalue weighted by Gasteiger charge is 2.04. The van der Waals surface area contributed by atoms with Gasteiger partial charge in [0.2, 0.25) is 0 Å². The van der Waals surface area contributed by atoms with E-state index in [9.17, 15) is 0 Å². The number of hydrogen-bond acceptors (Lipinski definition) is 2. The number of benzene rings is 2. The van der Waals surface area contributed by atoms with Gasteiger partial charge in [-0.25, -0.2) is 0 Å². The number of halogens is 1. The molecule has 0 heterocycles. The predicted molar refractivity (Wildman–Crippen MR) is 84.7 cm³/mol. The summed E-state index contributed by atoms with van der Waals surface area (Å²) in [6.07, 6.45) is 0. The first kappa shape index (κ1) is 14.9. The minimum absolute atomic E-state index is 0.466. The Kier molecular flexibility index (Phi) is 5.05. The Morgan fingerprint density at radius 3 is 2.65 bits per heavy atom. The molecule has 1 N–H and O–H groups in total. The molecule has 0 aromatic heterocycles. The lowest BCUT2D eigenvalue weighted by Gasteiger charge is -2.12. The van der Waals surface area contributed by atoms with Gasteiger partial charge >= 0.3 is 0 Å². The second kappa shape index (κ2) is 6.78. The third-order valence-corrected chi connectivity index (χ3v) is 3.23. The molecule has 2 nitrogen and oxygen atoms in total. The SMILES string of the molecule is Cc1ccc(CNC(C)C)cc1Oc1cccc(Cl)c1. The van der Waals surface area contributed by atoms with Gasteiger partial charge in [0.1, 0.15) is 11.5 Å². The van der Waals surface area contributed by atoms with E-state index in [0.717, 1.165) is 23.6 Å². The molecule has 0 saturated heterocycles. The van der Waals surface area contributed by atoms with Gasteiger partial charge in [0, 0.05) is 17.6 Å². The van der Waals surface area contributed by atoms with Crippen molar-refractivity contribution in [2.45, 2.75) is 33.4 Å². The second-order valence-electron chi connectivity index (χ2n) is 5.19. The zero-order chi connectivity index (χ0) is 14.5. The topological polar surface area (TPSA) is 21.3 Å². The smallest absolute Gasteiger partial charge is 0.130 e. The summed E-state index contributed by atoms with van der Waals surface area (Å²) in [5, 5.41) is 4.08. The fraction of sp³-hybridized carbons (Fsp3) is 0.294. The molecule has 0 aliphatic heterocycles. The Bertz CT molecular complexity index is 581. The Morgan fingerprint density at radius 1 is 1.15 bits per heavy atom. The molecule has 0 aliphatic carbocycles. The van der Waals surface area contributed by atoms with Crippen molar-refractivity contribution in [3.63, 3.8) is 0 Å². The molecule has 0 saturated carbocycles. The number of hydrogen-bond donors (Lipinski definition) is 1. The molecular formula is C17H20ClNO. The van der Waals surface area contributed by atoms with Crippen LogP contribution in [0.4, 0.5) is 0 Å². The van der Waals surface area contributed by atoms with E-state index in [4.69, 9.17) is 16.3 Å². The van der Waals surface area contributed by atoms with Gasteiger partial charge in [-0.2, -0.15) is 0 Å². The molecule has 2 rings (SSSR count). The Balaban J connectivity index is 2.16. The highest BCUT2D eigenvalue weighted by molar-refractivity contribution is 6.30. The summed E-state index contributed by atoms with van der Waals surface area (Å²) in [6, 6.07) is 14.2. The molecule has 3 heteroatoms. The maximum Gasteiger partial charge on any atom is 0.130 e. The standard InChI is InChI=1S/C17H20ClNO/c1-12(2)19-11-14-8-7-13(3)17(9-14)20-16-6-4-5-15(18)10-16/h4-10,12,19H,11H2,1-3H3. The van der Waals surface area contributed by atoms with Gasteiger partial charge in [-0.05, 0) is 42.3 Å². The van der Waals surface area contributed by atoms with Crippen LogP contribution in [-0.4, -0.2) is 6.04 Å². The molecular weight excluding hydrogens is 270 g/mol. The van der Waals surface area contributed by atoms with Crippen molar-refractivity contribution in [2.24, 2.45) is 0 Å². The van der Waals surface area contributed by atoms with Crippen molar-refractivity contribution in [1.29, 1.82) is 0 Å². The summed E-state index contributed by atoms with van der Waals surface area (Å²) in [5.74, 6) is 1.63. The third-order valence-electron chi connectivity index (χ3n) is 2.99. The van der Waals surface area contributed by atoms with Gasteiger partial charge in [-0.15, -0.1) is 0 Å². The monoisotopic (exact) mass is 289 g/mol. The minimum Gasteiger partial charge on any atom is -0.457 e. The normalized spacial score (nSPS) is 10.8. The third kappa shape index (κ3) is 4.26. The lowest BCUT2D eigenvalue weighted by molar-refractivity contribution is 0.477. The van der Waals surface area contributed by atoms with Crippen LogP contribution in [-0.2, 0) is 6.54 Å². The van der Waals surface area contributed by atoms with Crippen molar-refractivity contribution in [1.82, 2.24) is 5.32 Å². The number of rotatable bonds is 5. The van der Waals surface area contributed by atoms with Crippen LogP contribution >= 0.6 is 11.6 Å². The fourth-order valence-corrected chi connectivity index (χ4v) is 2.02. The maximum atomic E-state index is 5.98. The lowest BCUT2D eigenvalue weighted by Crippen LogP contribution is -2.21. The van der Waals surface area contributed by atoms with Crippen LogP contribution in [0.5, 0.6) is 11.5 Å². The molecule has 20 heavy (non-hydrogen) atoms. The lowest BCUT2D eigenvalue weighted by atomic mass is 10.1. The summed E-state index contributed by atoms with van der Waals surface area (Å²) in [6.45, 7) is 7.15. The largest absolute Gasteiger partial charge is 0.457 e. The second-order valence-corrected chi connectivity index (χ2v) is 5.63. The van der Waals surface area contributed by atoms with E-state index in [2.05, 4.69) is 37.4 Å². The van der Waals surface area contributed by atoms with Crippen molar-refractivity contribution in [2.75, 3.05) is 0 Å². The molecule has 0 fully saturated rings. The van der Waals surface area contributed by atoms with Crippen LogP contribution in [0.1, 0.15) is 25.0 Å². The van der Waals surface area contributed by atoms with E-state index < -0.39 is 0 Å². The molecule has 0 unspecified atom stereocenters. The molecule has 0 bridgehead atoms. The molecule has 0 aliphatic rings. The molecule has 106 valence electrons. The maximum absolute atomic E-state index is 5.98. The van der Waals surface area contributed by atoms with Gasteiger partial charge in [0.15, 0.2) is 0 Å². The molecule has 0 spiro atoms. The van der Waals surface area contributed by atoms with Crippen molar-refractivity contribution in [3.8, 4) is 11.5 Å². The molecule has 0 atom stereocenters. The van der Waals surface area contributed by atoms with Crippen LogP contribution in [0.15, 0.2) is 42.5 Å². The number of ether oxygens (including phenoxy) is 1. The van der Waals surface area contributed by atoms with Gasteiger partial charge in [-0.3, -0.25) is 0 Å². The van der Waals surface area contributed by atoms with E-state index >= 15 is 0 Å². The Morgan fingerprint density at radius 2 is 1.95 bits per heavy atom. The summed E-state index contributed by atoms with van der Waals surface area (Å²) in [7, 11) is 0. The molecule has 0 amide bonds. The van der Waals surface area contributed by atoms with Gasteiger partial charge in [0.05, 0.1) is 0 Å². The van der Waals surface area contributed by atoms with Crippen LogP contribution in [0.2, 0.25) is 5.02 Å². The van der Waals surface area contributed by atoms with Gasteiger partial charge in [-0.1, -0.05) is 43.6 Å². The molecule has 2 aromatic rings. The van der Waals surface area contributed by atoms with E-state index in [0.29, 0.717) is 11.1 Å². The minimum atomic E-state index is 0.466. The van der Waals surface area contributed by atoms with Crippen molar-refractivity contribution < 1.29 is 4.74 Å². The molecule has 2 aromatic carbocycles. The van der Waals surface area contributed by atoms with Crippen LogP contribution < -0.4 is 10.1 Å². The van der Waals surface area contributed by atoms with E-state index in [1.807, 2.05) is 31.2 Å². The zero-order valence-electron chi connectivity index (χ0n) is 12.1. The van der Waals surface area contributed by atoms with Crippen LogP contribution in [0.25, 0.3) is 0 Å².